The molecule has 0 spiro atoms. The summed E-state index contributed by atoms with van der Waals surface area (Å²) in [5.74, 6) is 0.517. The van der Waals surface area contributed by atoms with Crippen molar-refractivity contribution in [1.82, 2.24) is 0 Å². The summed E-state index contributed by atoms with van der Waals surface area (Å²) in [6.45, 7) is 3.01. The van der Waals surface area contributed by atoms with Crippen molar-refractivity contribution in [2.45, 2.75) is 44.4 Å². The van der Waals surface area contributed by atoms with Gasteiger partial charge in [0.1, 0.15) is 5.82 Å². The zero-order valence-electron chi connectivity index (χ0n) is 10.6. The van der Waals surface area contributed by atoms with E-state index in [1.165, 1.54) is 30.9 Å². The summed E-state index contributed by atoms with van der Waals surface area (Å²) < 4.78 is 13.3. The van der Waals surface area contributed by atoms with Gasteiger partial charge in [-0.3, -0.25) is 0 Å². The van der Waals surface area contributed by atoms with Crippen molar-refractivity contribution in [1.29, 1.82) is 0 Å². The van der Waals surface area contributed by atoms with E-state index in [1.54, 1.807) is 6.07 Å². The minimum absolute atomic E-state index is 0.111. The molecule has 2 N–H and O–H groups in total. The molecule has 0 aliphatic heterocycles. The second kappa shape index (κ2) is 5.18. The van der Waals surface area contributed by atoms with Gasteiger partial charge in [-0.05, 0) is 61.3 Å². The predicted octanol–water partition coefficient (Wildman–Crippen LogP) is 3.62. The molecule has 0 aromatic heterocycles. The second-order valence-electron chi connectivity index (χ2n) is 5.53. The van der Waals surface area contributed by atoms with Crippen LogP contribution in [0.15, 0.2) is 24.3 Å². The average molecular weight is 235 g/mol. The fourth-order valence-electron chi connectivity index (χ4n) is 3.09. The fraction of sp³-hybridized carbons (Fsp3) is 0.600. The first-order valence-corrected chi connectivity index (χ1v) is 6.62. The van der Waals surface area contributed by atoms with E-state index in [0.29, 0.717) is 5.92 Å². The lowest BCUT2D eigenvalue weighted by Gasteiger charge is -2.44. The molecular formula is C15H22FN. The first-order valence-electron chi connectivity index (χ1n) is 6.62. The van der Waals surface area contributed by atoms with Crippen LogP contribution in [0.2, 0.25) is 0 Å². The van der Waals surface area contributed by atoms with Crippen molar-refractivity contribution >= 4 is 0 Å². The molecule has 1 nitrogen and oxygen atoms in total. The highest BCUT2D eigenvalue weighted by Crippen LogP contribution is 2.48. The summed E-state index contributed by atoms with van der Waals surface area (Å²) >= 11 is 0. The van der Waals surface area contributed by atoms with Crippen LogP contribution in [0.25, 0.3) is 0 Å². The number of hydrogen-bond donors (Lipinski definition) is 1. The molecule has 1 aliphatic carbocycles. The fourth-order valence-corrected chi connectivity index (χ4v) is 3.09. The molecule has 1 aromatic rings. The monoisotopic (exact) mass is 235 g/mol. The molecule has 0 bridgehead atoms. The van der Waals surface area contributed by atoms with Crippen molar-refractivity contribution < 1.29 is 4.39 Å². The molecule has 0 heterocycles. The van der Waals surface area contributed by atoms with E-state index in [9.17, 15) is 4.39 Å². The Morgan fingerprint density at radius 2 is 2.18 bits per heavy atom. The third-order valence-electron chi connectivity index (χ3n) is 4.15. The molecule has 0 saturated heterocycles. The number of halogens is 1. The molecule has 1 atom stereocenters. The highest BCUT2D eigenvalue weighted by Gasteiger charge is 2.39. The van der Waals surface area contributed by atoms with Gasteiger partial charge in [0.2, 0.25) is 0 Å². The van der Waals surface area contributed by atoms with Crippen LogP contribution in [0.5, 0.6) is 0 Å². The topological polar surface area (TPSA) is 26.0 Å². The first-order chi connectivity index (χ1) is 8.16. The van der Waals surface area contributed by atoms with Crippen LogP contribution in [0, 0.1) is 11.7 Å². The van der Waals surface area contributed by atoms with Crippen LogP contribution >= 0.6 is 0 Å². The van der Waals surface area contributed by atoms with Crippen molar-refractivity contribution in [2.75, 3.05) is 6.54 Å². The third-order valence-corrected chi connectivity index (χ3v) is 4.15. The van der Waals surface area contributed by atoms with E-state index >= 15 is 0 Å². The minimum atomic E-state index is -0.111. The van der Waals surface area contributed by atoms with E-state index in [1.807, 2.05) is 6.07 Å². The van der Waals surface area contributed by atoms with Crippen LogP contribution in [-0.4, -0.2) is 6.54 Å². The van der Waals surface area contributed by atoms with E-state index in [0.717, 1.165) is 19.4 Å². The van der Waals surface area contributed by atoms with Crippen molar-refractivity contribution in [3.05, 3.63) is 35.6 Å². The molecule has 1 aliphatic rings. The number of rotatable bonds is 5. The van der Waals surface area contributed by atoms with Gasteiger partial charge in [-0.1, -0.05) is 25.5 Å². The molecule has 1 aromatic carbocycles. The van der Waals surface area contributed by atoms with Crippen molar-refractivity contribution in [2.24, 2.45) is 11.7 Å². The highest BCUT2D eigenvalue weighted by molar-refractivity contribution is 5.28. The Kier molecular flexibility index (Phi) is 3.82. The van der Waals surface area contributed by atoms with Gasteiger partial charge in [-0.25, -0.2) is 4.39 Å². The van der Waals surface area contributed by atoms with Gasteiger partial charge in [-0.2, -0.15) is 0 Å². The molecule has 2 heteroatoms. The quantitative estimate of drug-likeness (QED) is 0.828. The maximum atomic E-state index is 13.3. The first kappa shape index (κ1) is 12.6. The van der Waals surface area contributed by atoms with Crippen LogP contribution in [0.3, 0.4) is 0 Å². The number of nitrogens with two attached hydrogens (primary N) is 1. The van der Waals surface area contributed by atoms with E-state index < -0.39 is 0 Å². The molecule has 1 unspecified atom stereocenters. The van der Waals surface area contributed by atoms with Gasteiger partial charge < -0.3 is 5.73 Å². The summed E-state index contributed by atoms with van der Waals surface area (Å²) in [5.41, 5.74) is 7.03. The zero-order valence-corrected chi connectivity index (χ0v) is 10.6. The maximum absolute atomic E-state index is 13.3. The largest absolute Gasteiger partial charge is 0.330 e. The Balaban J connectivity index is 2.14. The molecule has 0 radical (unpaired) electrons. The van der Waals surface area contributed by atoms with Crippen LogP contribution in [-0.2, 0) is 5.41 Å². The summed E-state index contributed by atoms with van der Waals surface area (Å²) in [6.07, 6.45) is 5.88. The summed E-state index contributed by atoms with van der Waals surface area (Å²) in [6, 6.07) is 7.16. The molecule has 2 rings (SSSR count). The van der Waals surface area contributed by atoms with E-state index in [4.69, 9.17) is 5.73 Å². The average Bonchev–Trinajstić information content (AvgIpc) is 2.24. The predicted molar refractivity (Wildman–Crippen MR) is 69.4 cm³/mol. The molecule has 1 fully saturated rings. The maximum Gasteiger partial charge on any atom is 0.123 e. The van der Waals surface area contributed by atoms with Gasteiger partial charge in [0.25, 0.3) is 0 Å². The molecule has 17 heavy (non-hydrogen) atoms. The van der Waals surface area contributed by atoms with Crippen LogP contribution in [0.4, 0.5) is 4.39 Å². The number of hydrogen-bond acceptors (Lipinski definition) is 1. The third kappa shape index (κ3) is 2.68. The summed E-state index contributed by atoms with van der Waals surface area (Å²) in [4.78, 5) is 0. The summed E-state index contributed by atoms with van der Waals surface area (Å²) in [7, 11) is 0. The van der Waals surface area contributed by atoms with Gasteiger partial charge >= 0.3 is 0 Å². The number of benzene rings is 1. The lowest BCUT2D eigenvalue weighted by atomic mass is 9.60. The highest BCUT2D eigenvalue weighted by atomic mass is 19.1. The van der Waals surface area contributed by atoms with E-state index in [2.05, 4.69) is 13.0 Å². The Morgan fingerprint density at radius 3 is 2.71 bits per heavy atom. The van der Waals surface area contributed by atoms with E-state index in [-0.39, 0.29) is 11.2 Å². The Morgan fingerprint density at radius 1 is 1.41 bits per heavy atom. The van der Waals surface area contributed by atoms with Gasteiger partial charge in [-0.15, -0.1) is 0 Å². The lowest BCUT2D eigenvalue weighted by molar-refractivity contribution is 0.191. The Labute approximate surface area is 103 Å². The second-order valence-corrected chi connectivity index (χ2v) is 5.53. The van der Waals surface area contributed by atoms with Crippen molar-refractivity contribution in [3.63, 3.8) is 0 Å². The summed E-state index contributed by atoms with van der Waals surface area (Å²) in [5, 5.41) is 0. The molecule has 1 saturated carbocycles. The smallest absolute Gasteiger partial charge is 0.123 e. The molecule has 94 valence electrons. The van der Waals surface area contributed by atoms with Crippen LogP contribution in [0.1, 0.15) is 44.6 Å². The van der Waals surface area contributed by atoms with Gasteiger partial charge in [0.15, 0.2) is 0 Å². The van der Waals surface area contributed by atoms with Crippen LogP contribution < -0.4 is 5.73 Å². The standard InChI is InChI=1S/C15H22FN/c1-12(6-9-17)11-15(7-3-8-15)13-4-2-5-14(16)10-13/h2,4-5,10,12H,3,6-9,11,17H2,1H3. The van der Waals surface area contributed by atoms with Gasteiger partial charge in [0, 0.05) is 0 Å². The molecular weight excluding hydrogens is 213 g/mol. The Bertz CT molecular complexity index is 371. The normalized spacial score (nSPS) is 19.7. The van der Waals surface area contributed by atoms with Crippen molar-refractivity contribution in [3.8, 4) is 0 Å². The lowest BCUT2D eigenvalue weighted by Crippen LogP contribution is -2.36. The Hall–Kier alpha value is -0.890. The zero-order chi connectivity index (χ0) is 12.3. The molecule has 0 amide bonds. The minimum Gasteiger partial charge on any atom is -0.330 e. The van der Waals surface area contributed by atoms with Gasteiger partial charge in [0.05, 0.1) is 0 Å². The SMILES string of the molecule is CC(CCN)CC1(c2cccc(F)c2)CCC1.